The molecule has 168 valence electrons. The number of aliphatic hydroxyl groups excluding tert-OH is 1. The Labute approximate surface area is 194 Å². The van der Waals surface area contributed by atoms with Gasteiger partial charge in [0.25, 0.3) is 0 Å². The van der Waals surface area contributed by atoms with Crippen LogP contribution in [-0.2, 0) is 20.9 Å². The fourth-order valence-electron chi connectivity index (χ4n) is 5.41. The molecule has 31 heavy (non-hydrogen) atoms. The molecule has 3 saturated heterocycles. The first-order valence-electron chi connectivity index (χ1n) is 10.7. The Morgan fingerprint density at radius 1 is 1.26 bits per heavy atom. The molecule has 4 rings (SSSR count). The van der Waals surface area contributed by atoms with Gasteiger partial charge in [0.2, 0.25) is 17.7 Å². The molecule has 3 fully saturated rings. The van der Waals surface area contributed by atoms with Crippen molar-refractivity contribution in [1.82, 2.24) is 15.5 Å². The highest BCUT2D eigenvalue weighted by Gasteiger charge is 2.75. The van der Waals surface area contributed by atoms with Crippen LogP contribution >= 0.6 is 27.7 Å². The largest absolute Gasteiger partial charge is 0.396 e. The van der Waals surface area contributed by atoms with Crippen LogP contribution in [0, 0.1) is 11.8 Å². The van der Waals surface area contributed by atoms with Crippen molar-refractivity contribution in [3.8, 4) is 0 Å². The molecule has 0 aromatic heterocycles. The second-order valence-electron chi connectivity index (χ2n) is 8.44. The van der Waals surface area contributed by atoms with Crippen LogP contribution in [0.2, 0.25) is 0 Å². The minimum absolute atomic E-state index is 0.0297. The van der Waals surface area contributed by atoms with Gasteiger partial charge in [0.15, 0.2) is 0 Å². The lowest BCUT2D eigenvalue weighted by atomic mass is 9.70. The molecular formula is C22H28BrN3O4S. The third-order valence-corrected chi connectivity index (χ3v) is 9.92. The molecule has 7 nitrogen and oxygen atoms in total. The van der Waals surface area contributed by atoms with Crippen LogP contribution in [0.4, 0.5) is 0 Å². The Kier molecular flexibility index (Phi) is 6.65. The number of alkyl halides is 1. The van der Waals surface area contributed by atoms with Gasteiger partial charge in [-0.25, -0.2) is 0 Å². The lowest BCUT2D eigenvalue weighted by Crippen LogP contribution is -2.54. The molecule has 0 aliphatic carbocycles. The predicted molar refractivity (Wildman–Crippen MR) is 123 cm³/mol. The molecule has 6 atom stereocenters. The lowest BCUT2D eigenvalue weighted by Gasteiger charge is -2.35. The molecule has 3 aliphatic rings. The van der Waals surface area contributed by atoms with E-state index in [1.807, 2.05) is 30.3 Å². The zero-order valence-electron chi connectivity index (χ0n) is 17.4. The summed E-state index contributed by atoms with van der Waals surface area (Å²) in [6.07, 6.45) is 1.85. The number of hydrogen-bond acceptors (Lipinski definition) is 5. The zero-order chi connectivity index (χ0) is 22.2. The molecule has 3 aliphatic heterocycles. The number of amides is 3. The molecule has 1 aromatic carbocycles. The Hall–Kier alpha value is -1.58. The van der Waals surface area contributed by atoms with Crippen LogP contribution in [0.15, 0.2) is 30.3 Å². The van der Waals surface area contributed by atoms with Crippen molar-refractivity contribution in [2.45, 2.75) is 46.7 Å². The van der Waals surface area contributed by atoms with E-state index in [1.165, 1.54) is 0 Å². The third kappa shape index (κ3) is 3.78. The summed E-state index contributed by atoms with van der Waals surface area (Å²) in [7, 11) is 1.59. The molecule has 1 aromatic rings. The first-order valence-corrected chi connectivity index (χ1v) is 12.5. The highest BCUT2D eigenvalue weighted by atomic mass is 79.9. The van der Waals surface area contributed by atoms with Gasteiger partial charge in [-0.2, -0.15) is 0 Å². The van der Waals surface area contributed by atoms with Crippen LogP contribution in [0.3, 0.4) is 0 Å². The summed E-state index contributed by atoms with van der Waals surface area (Å²) in [5, 5.41) is 14.9. The first-order chi connectivity index (χ1) is 14.9. The molecule has 9 heteroatoms. The standard InChI is InChI=1S/C22H28BrN3O4S/c1-24-19(28)15-16-21(30)26(9-5-6-10-27)18(22(16)11-14(23)17(15)31-22)20(29)25-12-13-7-3-2-4-8-13/h2-4,7-8,14-18,27H,5-6,9-12H2,1H3,(H,24,28)(H,25,29)/t14?,15-,16-,17-,18?,22?/m0/s1. The van der Waals surface area contributed by atoms with Crippen LogP contribution in [0.1, 0.15) is 24.8 Å². The molecular weight excluding hydrogens is 482 g/mol. The van der Waals surface area contributed by atoms with Crippen LogP contribution in [0.25, 0.3) is 0 Å². The Morgan fingerprint density at radius 3 is 2.68 bits per heavy atom. The van der Waals surface area contributed by atoms with Crippen molar-refractivity contribution in [3.05, 3.63) is 35.9 Å². The number of benzene rings is 1. The summed E-state index contributed by atoms with van der Waals surface area (Å²) in [5.41, 5.74) is 0.992. The van der Waals surface area contributed by atoms with Gasteiger partial charge in [-0.05, 0) is 24.8 Å². The lowest BCUT2D eigenvalue weighted by molar-refractivity contribution is -0.140. The topological polar surface area (TPSA) is 98.7 Å². The second-order valence-corrected chi connectivity index (χ2v) is 11.2. The van der Waals surface area contributed by atoms with Crippen molar-refractivity contribution in [2.75, 3.05) is 20.2 Å². The normalized spacial score (nSPS) is 33.5. The average molecular weight is 510 g/mol. The number of fused-ring (bicyclic) bond motifs is 1. The molecule has 0 radical (unpaired) electrons. The van der Waals surface area contributed by atoms with E-state index >= 15 is 0 Å². The highest BCUT2D eigenvalue weighted by molar-refractivity contribution is 9.09. The summed E-state index contributed by atoms with van der Waals surface area (Å²) in [6.45, 7) is 0.836. The molecule has 3 amide bonds. The molecule has 1 spiro atoms. The van der Waals surface area contributed by atoms with Crippen molar-refractivity contribution < 1.29 is 19.5 Å². The molecule has 0 saturated carbocycles. The van der Waals surface area contributed by atoms with Gasteiger partial charge in [0, 0.05) is 36.8 Å². The Balaban J connectivity index is 1.64. The maximum absolute atomic E-state index is 13.6. The third-order valence-electron chi connectivity index (χ3n) is 6.70. The number of thioether (sulfide) groups is 1. The molecule has 3 unspecified atom stereocenters. The highest BCUT2D eigenvalue weighted by Crippen LogP contribution is 2.67. The summed E-state index contributed by atoms with van der Waals surface area (Å²) in [4.78, 5) is 41.6. The van der Waals surface area contributed by atoms with Crippen molar-refractivity contribution in [3.63, 3.8) is 0 Å². The van der Waals surface area contributed by atoms with Gasteiger partial charge in [0.05, 0.1) is 16.6 Å². The summed E-state index contributed by atoms with van der Waals surface area (Å²) in [6, 6.07) is 9.05. The maximum atomic E-state index is 13.6. The van der Waals surface area contributed by atoms with Crippen LogP contribution in [0.5, 0.6) is 0 Å². The quantitative estimate of drug-likeness (QED) is 0.362. The number of hydrogen-bond donors (Lipinski definition) is 3. The number of carbonyl (C=O) groups is 3. The van der Waals surface area contributed by atoms with E-state index in [2.05, 4.69) is 26.6 Å². The summed E-state index contributed by atoms with van der Waals surface area (Å²) in [5.74, 6) is -1.37. The van der Waals surface area contributed by atoms with Crippen molar-refractivity contribution in [1.29, 1.82) is 0 Å². The van der Waals surface area contributed by atoms with E-state index in [-0.39, 0.29) is 34.4 Å². The predicted octanol–water partition coefficient (Wildman–Crippen LogP) is 1.29. The van der Waals surface area contributed by atoms with E-state index in [1.54, 1.807) is 23.7 Å². The number of rotatable bonds is 8. The SMILES string of the molecule is CNC(=O)[C@H]1[C@H]2C(=O)N(CCCCO)C(C(=O)NCc3ccccc3)C23CC(Br)[C@@H]1S3. The van der Waals surface area contributed by atoms with Crippen LogP contribution in [-0.4, -0.2) is 68.8 Å². The number of unbranched alkanes of at least 4 members (excludes halogenated alkanes) is 1. The minimum Gasteiger partial charge on any atom is -0.396 e. The monoisotopic (exact) mass is 509 g/mol. The van der Waals surface area contributed by atoms with Crippen molar-refractivity contribution in [2.24, 2.45) is 11.8 Å². The average Bonchev–Trinajstić information content (AvgIpc) is 3.36. The maximum Gasteiger partial charge on any atom is 0.244 e. The summed E-state index contributed by atoms with van der Waals surface area (Å²) >= 11 is 5.36. The van der Waals surface area contributed by atoms with Gasteiger partial charge in [-0.15, -0.1) is 11.8 Å². The second kappa shape index (κ2) is 9.11. The molecule has 3 heterocycles. The number of nitrogens with zero attached hydrogens (tertiary/aromatic N) is 1. The van der Waals surface area contributed by atoms with Gasteiger partial charge >= 0.3 is 0 Å². The Bertz CT molecular complexity index is 856. The minimum atomic E-state index is -0.628. The van der Waals surface area contributed by atoms with E-state index in [0.29, 0.717) is 32.4 Å². The van der Waals surface area contributed by atoms with Crippen molar-refractivity contribution >= 4 is 45.4 Å². The Morgan fingerprint density at radius 2 is 2.00 bits per heavy atom. The van der Waals surface area contributed by atoms with Gasteiger partial charge in [-0.1, -0.05) is 46.3 Å². The van der Waals surface area contributed by atoms with Gasteiger partial charge in [-0.3, -0.25) is 14.4 Å². The molecule has 2 bridgehead atoms. The first kappa shape index (κ1) is 22.6. The van der Waals surface area contributed by atoms with E-state index in [0.717, 1.165) is 5.56 Å². The number of nitrogens with one attached hydrogen (secondary N) is 2. The fraction of sp³-hybridized carbons (Fsp3) is 0.591. The van der Waals surface area contributed by atoms with E-state index in [4.69, 9.17) is 0 Å². The zero-order valence-corrected chi connectivity index (χ0v) is 19.8. The number of halogens is 1. The molecule has 3 N–H and O–H groups in total. The van der Waals surface area contributed by atoms with Crippen LogP contribution < -0.4 is 10.6 Å². The fourth-order valence-corrected chi connectivity index (χ4v) is 9.03. The van der Waals surface area contributed by atoms with E-state index < -0.39 is 22.6 Å². The number of aliphatic hydroxyl groups is 1. The van der Waals surface area contributed by atoms with Gasteiger partial charge in [0.1, 0.15) is 6.04 Å². The number of carbonyl (C=O) groups excluding carboxylic acids is 3. The van der Waals surface area contributed by atoms with E-state index in [9.17, 15) is 19.5 Å². The van der Waals surface area contributed by atoms with Gasteiger partial charge < -0.3 is 20.6 Å². The number of likely N-dealkylation sites (tertiary alicyclic amines) is 1. The smallest absolute Gasteiger partial charge is 0.244 e. The summed E-state index contributed by atoms with van der Waals surface area (Å²) < 4.78 is -0.618.